The van der Waals surface area contributed by atoms with Crippen LogP contribution in [0.2, 0.25) is 0 Å². The highest BCUT2D eigenvalue weighted by atomic mass is 16.6. The number of Topliss-reactive ketones (excluding diaryl/α,β-unsaturated/α-hetero) is 1. The van der Waals surface area contributed by atoms with Gasteiger partial charge in [-0.25, -0.2) is 0 Å². The molecule has 0 saturated carbocycles. The smallest absolute Gasteiger partial charge is 0.268 e. The van der Waals surface area contributed by atoms with Gasteiger partial charge in [-0.05, 0) is 6.07 Å². The molecule has 0 aromatic heterocycles. The van der Waals surface area contributed by atoms with Crippen LogP contribution < -0.4 is 9.47 Å². The minimum absolute atomic E-state index is 0.0278. The first-order chi connectivity index (χ1) is 10.5. The maximum atomic E-state index is 12.4. The van der Waals surface area contributed by atoms with Crippen LogP contribution in [0.15, 0.2) is 42.5 Å². The lowest BCUT2D eigenvalue weighted by molar-refractivity contribution is -0.203. The summed E-state index contributed by atoms with van der Waals surface area (Å²) >= 11 is 0. The van der Waals surface area contributed by atoms with E-state index in [1.165, 1.54) is 31.4 Å². The molecule has 1 aliphatic rings. The number of hydrogen-bond acceptors (Lipinski definition) is 6. The lowest BCUT2D eigenvalue weighted by atomic mass is 9.90. The van der Waals surface area contributed by atoms with E-state index in [1.807, 2.05) is 0 Å². The van der Waals surface area contributed by atoms with E-state index < -0.39 is 17.7 Å². The Kier molecular flexibility index (Phi) is 3.27. The molecule has 0 fully saturated rings. The van der Waals surface area contributed by atoms with Gasteiger partial charge in [0.15, 0.2) is 17.6 Å². The second-order valence-corrected chi connectivity index (χ2v) is 4.95. The van der Waals surface area contributed by atoms with Gasteiger partial charge in [0.05, 0.1) is 12.7 Å². The van der Waals surface area contributed by atoms with E-state index in [9.17, 15) is 20.1 Å². The number of methoxy groups -OCH3 is 1. The molecule has 1 aliphatic heterocycles. The third kappa shape index (κ3) is 2.01. The van der Waals surface area contributed by atoms with Crippen molar-refractivity contribution in [2.75, 3.05) is 7.11 Å². The highest BCUT2D eigenvalue weighted by Gasteiger charge is 2.49. The van der Waals surface area contributed by atoms with Crippen molar-refractivity contribution in [1.29, 1.82) is 0 Å². The number of ketones is 1. The van der Waals surface area contributed by atoms with Crippen LogP contribution in [0.1, 0.15) is 15.9 Å². The summed E-state index contributed by atoms with van der Waals surface area (Å²) < 4.78 is 10.4. The number of rotatable bonds is 2. The number of aromatic hydroxyl groups is 1. The predicted octanol–water partition coefficient (Wildman–Crippen LogP) is 1.18. The van der Waals surface area contributed by atoms with Crippen LogP contribution >= 0.6 is 0 Å². The van der Waals surface area contributed by atoms with Gasteiger partial charge in [0.25, 0.3) is 5.79 Å². The first-order valence-corrected chi connectivity index (χ1v) is 6.57. The van der Waals surface area contributed by atoms with Crippen molar-refractivity contribution in [2.45, 2.75) is 11.9 Å². The Morgan fingerprint density at radius 1 is 1.23 bits per heavy atom. The molecule has 6 nitrogen and oxygen atoms in total. The van der Waals surface area contributed by atoms with Crippen LogP contribution in [0.4, 0.5) is 0 Å². The van der Waals surface area contributed by atoms with Gasteiger partial charge in [0.1, 0.15) is 5.75 Å². The van der Waals surface area contributed by atoms with E-state index in [0.717, 1.165) is 0 Å². The van der Waals surface area contributed by atoms with E-state index >= 15 is 0 Å². The molecule has 1 heterocycles. The fraction of sp³-hybridized carbons (Fsp3) is 0.188. The molecule has 2 atom stereocenters. The highest BCUT2D eigenvalue weighted by molar-refractivity contribution is 6.04. The number of aliphatic hydroxyl groups is 2. The van der Waals surface area contributed by atoms with Gasteiger partial charge in [-0.3, -0.25) is 4.79 Å². The van der Waals surface area contributed by atoms with Crippen LogP contribution in [0.3, 0.4) is 0 Å². The van der Waals surface area contributed by atoms with Crippen molar-refractivity contribution in [1.82, 2.24) is 0 Å². The molecule has 2 aromatic rings. The summed E-state index contributed by atoms with van der Waals surface area (Å²) in [6.07, 6.45) is -1.79. The monoisotopic (exact) mass is 302 g/mol. The minimum Gasteiger partial charge on any atom is -0.504 e. The van der Waals surface area contributed by atoms with E-state index in [0.29, 0.717) is 0 Å². The molecule has 2 aromatic carbocycles. The van der Waals surface area contributed by atoms with E-state index in [4.69, 9.17) is 9.47 Å². The van der Waals surface area contributed by atoms with Gasteiger partial charge in [-0.2, -0.15) is 0 Å². The highest BCUT2D eigenvalue weighted by Crippen LogP contribution is 2.42. The molecule has 3 rings (SSSR count). The molecular weight excluding hydrogens is 288 g/mol. The number of aliphatic hydroxyl groups excluding tert-OH is 1. The Bertz CT molecular complexity index is 727. The second kappa shape index (κ2) is 5.01. The molecule has 114 valence electrons. The van der Waals surface area contributed by atoms with Crippen LogP contribution in [-0.4, -0.2) is 34.3 Å². The fourth-order valence-electron chi connectivity index (χ4n) is 2.43. The Morgan fingerprint density at radius 2 is 1.91 bits per heavy atom. The molecule has 0 amide bonds. The van der Waals surface area contributed by atoms with Gasteiger partial charge < -0.3 is 24.8 Å². The minimum atomic E-state index is -2.22. The number of hydrogen-bond donors (Lipinski definition) is 3. The van der Waals surface area contributed by atoms with Gasteiger partial charge in [-0.1, -0.05) is 30.3 Å². The molecule has 0 aliphatic carbocycles. The molecule has 0 spiro atoms. The summed E-state index contributed by atoms with van der Waals surface area (Å²) in [5.41, 5.74) is 0.263. The number of phenolic OH excluding ortho intramolecular Hbond substituents is 1. The van der Waals surface area contributed by atoms with E-state index in [-0.39, 0.29) is 28.4 Å². The fourth-order valence-corrected chi connectivity index (χ4v) is 2.43. The largest absolute Gasteiger partial charge is 0.504 e. The third-order valence-electron chi connectivity index (χ3n) is 3.62. The van der Waals surface area contributed by atoms with Crippen molar-refractivity contribution < 1.29 is 29.6 Å². The normalized spacial score (nSPS) is 23.6. The Balaban J connectivity index is 2.14. The first kappa shape index (κ1) is 14.4. The van der Waals surface area contributed by atoms with E-state index in [2.05, 4.69) is 0 Å². The maximum absolute atomic E-state index is 12.4. The average molecular weight is 302 g/mol. The van der Waals surface area contributed by atoms with Gasteiger partial charge >= 0.3 is 0 Å². The number of phenols is 1. The Morgan fingerprint density at radius 3 is 2.55 bits per heavy atom. The summed E-state index contributed by atoms with van der Waals surface area (Å²) in [7, 11) is 1.34. The predicted molar refractivity (Wildman–Crippen MR) is 76.0 cm³/mol. The lowest BCUT2D eigenvalue weighted by Crippen LogP contribution is -2.52. The zero-order valence-corrected chi connectivity index (χ0v) is 11.7. The molecule has 0 radical (unpaired) electrons. The lowest BCUT2D eigenvalue weighted by Gasteiger charge is -2.37. The first-order valence-electron chi connectivity index (χ1n) is 6.57. The zero-order valence-electron chi connectivity index (χ0n) is 11.7. The quantitative estimate of drug-likeness (QED) is 0.771. The number of carbonyl (C=O) groups excluding carboxylic acids is 1. The molecular formula is C16H14O6. The summed E-state index contributed by atoms with van der Waals surface area (Å²) in [4.78, 5) is 12.4. The summed E-state index contributed by atoms with van der Waals surface area (Å²) in [5.74, 6) is -3.12. The Hall–Kier alpha value is -2.57. The topological polar surface area (TPSA) is 96.2 Å². The van der Waals surface area contributed by atoms with Crippen LogP contribution in [0.5, 0.6) is 17.2 Å². The van der Waals surface area contributed by atoms with Gasteiger partial charge in [-0.15, -0.1) is 0 Å². The number of fused-ring (bicyclic) bond motifs is 1. The van der Waals surface area contributed by atoms with Crippen molar-refractivity contribution in [3.05, 3.63) is 53.6 Å². The summed E-state index contributed by atoms with van der Waals surface area (Å²) in [5, 5.41) is 30.6. The molecule has 2 unspecified atom stereocenters. The summed E-state index contributed by atoms with van der Waals surface area (Å²) in [6.45, 7) is 0. The van der Waals surface area contributed by atoms with Gasteiger partial charge in [0, 0.05) is 11.6 Å². The standard InChI is InChI=1S/C16H14O6/c1-21-13-7-10-12(8-11(13)17)22-16(20,15(19)14(10)18)9-5-3-2-4-6-9/h2-8,15,17,19-20H,1H3. The number of benzene rings is 2. The third-order valence-corrected chi connectivity index (χ3v) is 3.62. The van der Waals surface area contributed by atoms with Gasteiger partial charge in [0.2, 0.25) is 5.78 Å². The molecule has 0 bridgehead atoms. The molecule has 0 saturated heterocycles. The van der Waals surface area contributed by atoms with Crippen LogP contribution in [-0.2, 0) is 5.79 Å². The maximum Gasteiger partial charge on any atom is 0.268 e. The average Bonchev–Trinajstić information content (AvgIpc) is 2.53. The molecule has 22 heavy (non-hydrogen) atoms. The van der Waals surface area contributed by atoms with Crippen molar-refractivity contribution >= 4 is 5.78 Å². The molecule has 3 N–H and O–H groups in total. The number of carbonyl (C=O) groups is 1. The second-order valence-electron chi connectivity index (χ2n) is 4.95. The van der Waals surface area contributed by atoms with E-state index in [1.54, 1.807) is 18.2 Å². The van der Waals surface area contributed by atoms with Crippen molar-refractivity contribution in [3.8, 4) is 17.2 Å². The van der Waals surface area contributed by atoms with Crippen molar-refractivity contribution in [2.24, 2.45) is 0 Å². The zero-order chi connectivity index (χ0) is 15.9. The SMILES string of the molecule is COc1cc2c(cc1O)OC(O)(c1ccccc1)C(O)C2=O. The van der Waals surface area contributed by atoms with Crippen LogP contribution in [0, 0.1) is 0 Å². The van der Waals surface area contributed by atoms with Crippen molar-refractivity contribution in [3.63, 3.8) is 0 Å². The summed E-state index contributed by atoms with van der Waals surface area (Å²) in [6, 6.07) is 10.5. The Labute approximate surface area is 126 Å². The molecule has 6 heteroatoms. The number of ether oxygens (including phenoxy) is 2. The van der Waals surface area contributed by atoms with Crippen LogP contribution in [0.25, 0.3) is 0 Å².